The standard InChI is InChI=1S/C3H7O4P.2Li/c1-2-3-7-8(4,5)6;;/h2H,1,3H2,(H2,4,5,6);;/q;2*+1/p-2. The van der Waals surface area contributed by atoms with E-state index >= 15 is 0 Å². The molecule has 0 bridgehead atoms. The van der Waals surface area contributed by atoms with Crippen LogP contribution in [0.25, 0.3) is 0 Å². The minimum atomic E-state index is -4.75. The summed E-state index contributed by atoms with van der Waals surface area (Å²) >= 11 is 0. The summed E-state index contributed by atoms with van der Waals surface area (Å²) in [5.74, 6) is 0. The molecule has 0 aromatic rings. The molecule has 0 unspecified atom stereocenters. The maximum absolute atomic E-state index is 9.59. The molecule has 0 aliphatic heterocycles. The Balaban J connectivity index is -0.000000245. The Bertz CT molecular complexity index is 122. The van der Waals surface area contributed by atoms with E-state index in [1.54, 1.807) is 0 Å². The molecule has 0 aliphatic rings. The summed E-state index contributed by atoms with van der Waals surface area (Å²) in [5, 5.41) is 0. The fourth-order valence-corrected chi connectivity index (χ4v) is 0.432. The summed E-state index contributed by atoms with van der Waals surface area (Å²) < 4.78 is 13.3. The largest absolute Gasteiger partial charge is 1.00 e. The number of hydrogen-bond donors (Lipinski definition) is 0. The van der Waals surface area contributed by atoms with Crippen LogP contribution in [0.4, 0.5) is 0 Å². The van der Waals surface area contributed by atoms with Gasteiger partial charge in [-0.15, -0.1) is 6.58 Å². The van der Waals surface area contributed by atoms with E-state index in [0.29, 0.717) is 0 Å². The number of rotatable bonds is 3. The Kier molecular flexibility index (Phi) is 14.0. The zero-order valence-electron chi connectivity index (χ0n) is 6.07. The molecule has 0 atom stereocenters. The van der Waals surface area contributed by atoms with Crippen molar-refractivity contribution in [2.75, 3.05) is 6.61 Å². The first-order valence-electron chi connectivity index (χ1n) is 1.84. The summed E-state index contributed by atoms with van der Waals surface area (Å²) in [6.45, 7) is 2.89. The van der Waals surface area contributed by atoms with E-state index in [0.717, 1.165) is 0 Å². The minimum absolute atomic E-state index is 0. The molecule has 0 aromatic heterocycles. The Hall–Kier alpha value is 1.04. The topological polar surface area (TPSA) is 72.4 Å². The van der Waals surface area contributed by atoms with Gasteiger partial charge in [-0.25, -0.2) is 0 Å². The average molecular weight is 150 g/mol. The van der Waals surface area contributed by atoms with Crippen LogP contribution in [-0.4, -0.2) is 6.61 Å². The predicted octanol–water partition coefficient (Wildman–Crippen LogP) is -6.97. The van der Waals surface area contributed by atoms with E-state index in [-0.39, 0.29) is 44.3 Å². The maximum Gasteiger partial charge on any atom is 1.00 e. The van der Waals surface area contributed by atoms with Gasteiger partial charge in [-0.2, -0.15) is 0 Å². The molecule has 0 N–H and O–H groups in total. The van der Waals surface area contributed by atoms with Crippen molar-refractivity contribution >= 4 is 7.82 Å². The predicted molar refractivity (Wildman–Crippen MR) is 23.8 cm³/mol. The quantitative estimate of drug-likeness (QED) is 0.227. The van der Waals surface area contributed by atoms with Gasteiger partial charge in [-0.1, -0.05) is 6.08 Å². The second kappa shape index (κ2) is 8.14. The maximum atomic E-state index is 9.59. The van der Waals surface area contributed by atoms with Crippen molar-refractivity contribution in [3.8, 4) is 0 Å². The molecule has 0 spiro atoms. The zero-order chi connectivity index (χ0) is 6.62. The van der Waals surface area contributed by atoms with Gasteiger partial charge in [0.25, 0.3) is 0 Å². The number of phosphoric acid groups is 1. The van der Waals surface area contributed by atoms with E-state index in [9.17, 15) is 14.4 Å². The van der Waals surface area contributed by atoms with Crippen LogP contribution in [0.2, 0.25) is 0 Å². The molecule has 48 valence electrons. The van der Waals surface area contributed by atoms with E-state index in [2.05, 4.69) is 11.1 Å². The molecule has 4 nitrogen and oxygen atoms in total. The molecule has 7 heteroatoms. The monoisotopic (exact) mass is 150 g/mol. The van der Waals surface area contributed by atoms with E-state index in [1.165, 1.54) is 6.08 Å². The Morgan fingerprint density at radius 3 is 2.00 bits per heavy atom. The SMILES string of the molecule is C=CCOP(=O)([O-])[O-].[Li+].[Li+]. The summed E-state index contributed by atoms with van der Waals surface area (Å²) in [6.07, 6.45) is 1.18. The van der Waals surface area contributed by atoms with Gasteiger partial charge in [0.1, 0.15) is 0 Å². The first-order chi connectivity index (χ1) is 3.56. The molecular weight excluding hydrogens is 145 g/mol. The van der Waals surface area contributed by atoms with Crippen molar-refractivity contribution in [1.29, 1.82) is 0 Å². The third-order valence-corrected chi connectivity index (χ3v) is 0.816. The number of hydrogen-bond acceptors (Lipinski definition) is 4. The van der Waals surface area contributed by atoms with Crippen LogP contribution in [0.15, 0.2) is 12.7 Å². The molecular formula is C3H5Li2O4P. The van der Waals surface area contributed by atoms with Gasteiger partial charge in [-0.3, -0.25) is 0 Å². The summed E-state index contributed by atoms with van der Waals surface area (Å²) in [6, 6.07) is 0. The summed E-state index contributed by atoms with van der Waals surface area (Å²) in [7, 11) is -4.75. The third kappa shape index (κ3) is 16.0. The Labute approximate surface area is 83.6 Å². The van der Waals surface area contributed by atoms with Crippen LogP contribution in [0.5, 0.6) is 0 Å². The smallest absolute Gasteiger partial charge is 0.790 e. The second-order valence-corrected chi connectivity index (χ2v) is 2.18. The molecule has 10 heavy (non-hydrogen) atoms. The average Bonchev–Trinajstić information content (AvgIpc) is 1.59. The molecule has 0 aliphatic carbocycles. The fraction of sp³-hybridized carbons (Fsp3) is 0.333. The third-order valence-electron chi connectivity index (χ3n) is 0.351. The normalized spacial score (nSPS) is 9.00. The van der Waals surface area contributed by atoms with Gasteiger partial charge < -0.3 is 18.9 Å². The van der Waals surface area contributed by atoms with Crippen molar-refractivity contribution in [2.24, 2.45) is 0 Å². The molecule has 0 rings (SSSR count). The van der Waals surface area contributed by atoms with E-state index in [4.69, 9.17) is 0 Å². The van der Waals surface area contributed by atoms with Crippen LogP contribution in [0.1, 0.15) is 0 Å². The van der Waals surface area contributed by atoms with Crippen molar-refractivity contribution in [3.63, 3.8) is 0 Å². The molecule has 0 fully saturated rings. The first kappa shape index (κ1) is 17.2. The second-order valence-electron chi connectivity index (χ2n) is 1.03. The van der Waals surface area contributed by atoms with Gasteiger partial charge in [0.05, 0.1) is 14.4 Å². The van der Waals surface area contributed by atoms with Crippen molar-refractivity contribution in [2.45, 2.75) is 0 Å². The van der Waals surface area contributed by atoms with Crippen molar-refractivity contribution < 1.29 is 56.6 Å². The number of phosphoric ester groups is 1. The van der Waals surface area contributed by atoms with Gasteiger partial charge in [-0.05, 0) is 0 Å². The van der Waals surface area contributed by atoms with E-state index < -0.39 is 7.82 Å². The zero-order valence-corrected chi connectivity index (χ0v) is 6.97. The first-order valence-corrected chi connectivity index (χ1v) is 3.30. The van der Waals surface area contributed by atoms with Crippen molar-refractivity contribution in [3.05, 3.63) is 12.7 Å². The molecule has 0 saturated carbocycles. The van der Waals surface area contributed by atoms with Gasteiger partial charge >= 0.3 is 37.7 Å². The van der Waals surface area contributed by atoms with Crippen LogP contribution < -0.4 is 47.5 Å². The molecule has 0 aromatic carbocycles. The minimum Gasteiger partial charge on any atom is -0.790 e. The van der Waals surface area contributed by atoms with Crippen LogP contribution >= 0.6 is 7.82 Å². The summed E-state index contributed by atoms with van der Waals surface area (Å²) in [5.41, 5.74) is 0. The van der Waals surface area contributed by atoms with Gasteiger partial charge in [0.15, 0.2) is 0 Å². The molecule has 0 amide bonds. The molecule has 0 heterocycles. The molecule has 0 saturated heterocycles. The summed E-state index contributed by atoms with van der Waals surface area (Å²) in [4.78, 5) is 19.2. The van der Waals surface area contributed by atoms with E-state index in [1.807, 2.05) is 0 Å². The van der Waals surface area contributed by atoms with Crippen LogP contribution in [0, 0.1) is 0 Å². The van der Waals surface area contributed by atoms with Crippen LogP contribution in [-0.2, 0) is 9.09 Å². The Morgan fingerprint density at radius 2 is 1.90 bits per heavy atom. The molecule has 0 radical (unpaired) electrons. The van der Waals surface area contributed by atoms with Crippen LogP contribution in [0.3, 0.4) is 0 Å². The van der Waals surface area contributed by atoms with Crippen molar-refractivity contribution in [1.82, 2.24) is 0 Å². The Morgan fingerprint density at radius 1 is 1.50 bits per heavy atom. The van der Waals surface area contributed by atoms with Gasteiger partial charge in [0, 0.05) is 0 Å². The van der Waals surface area contributed by atoms with Gasteiger partial charge in [0.2, 0.25) is 0 Å². The fourth-order valence-electron chi connectivity index (χ4n) is 0.144.